The van der Waals surface area contributed by atoms with Gasteiger partial charge in [0.25, 0.3) is 0 Å². The molecule has 0 aliphatic heterocycles. The van der Waals surface area contributed by atoms with Crippen molar-refractivity contribution in [3.05, 3.63) is 54.1 Å². The molecule has 1 N–H and O–H groups in total. The smallest absolute Gasteiger partial charge is 0.247 e. The zero-order valence-corrected chi connectivity index (χ0v) is 17.0. The first-order valence-electron chi connectivity index (χ1n) is 8.29. The average Bonchev–Trinajstić information content (AvgIpc) is 2.61. The molecule has 2 aromatic rings. The van der Waals surface area contributed by atoms with Gasteiger partial charge in [-0.05, 0) is 55.5 Å². The van der Waals surface area contributed by atoms with E-state index < -0.39 is 16.1 Å². The second-order valence-corrected chi connectivity index (χ2v) is 8.72. The molecule has 0 fully saturated rings. The highest BCUT2D eigenvalue weighted by Crippen LogP contribution is 2.23. The standard InChI is InChI=1S/C19H24N2O3S2/c1-5-15-9-11-17(12-10-15)21(26(4,23)24)14(2)19(22)20-16-7-6-8-18(13-16)25-3/h6-14H,5H2,1-4H3,(H,20,22)/t14-/m1/s1. The molecule has 140 valence electrons. The van der Waals surface area contributed by atoms with Gasteiger partial charge in [-0.3, -0.25) is 9.10 Å². The van der Waals surface area contributed by atoms with Crippen molar-refractivity contribution in [3.63, 3.8) is 0 Å². The molecule has 0 aliphatic carbocycles. The first-order valence-corrected chi connectivity index (χ1v) is 11.4. The Morgan fingerprint density at radius 1 is 1.19 bits per heavy atom. The number of sulfonamides is 1. The number of hydrogen-bond donors (Lipinski definition) is 1. The van der Waals surface area contributed by atoms with Crippen LogP contribution in [0.4, 0.5) is 11.4 Å². The van der Waals surface area contributed by atoms with E-state index in [-0.39, 0.29) is 5.91 Å². The molecule has 0 spiro atoms. The fourth-order valence-electron chi connectivity index (χ4n) is 2.63. The van der Waals surface area contributed by atoms with E-state index in [0.29, 0.717) is 11.4 Å². The number of amides is 1. The normalized spacial score (nSPS) is 12.5. The molecule has 0 aliphatic rings. The lowest BCUT2D eigenvalue weighted by Crippen LogP contribution is -2.45. The van der Waals surface area contributed by atoms with E-state index in [1.165, 1.54) is 0 Å². The van der Waals surface area contributed by atoms with Crippen LogP contribution in [0.3, 0.4) is 0 Å². The molecule has 1 amide bonds. The number of carbonyl (C=O) groups is 1. The minimum atomic E-state index is -3.62. The zero-order chi connectivity index (χ0) is 19.3. The maximum absolute atomic E-state index is 12.7. The van der Waals surface area contributed by atoms with Gasteiger partial charge in [0, 0.05) is 10.6 Å². The van der Waals surface area contributed by atoms with Crippen LogP contribution in [-0.2, 0) is 21.2 Å². The highest BCUT2D eigenvalue weighted by Gasteiger charge is 2.29. The third kappa shape index (κ3) is 5.02. The molecule has 1 atom stereocenters. The number of benzene rings is 2. The Kier molecular flexibility index (Phi) is 6.72. The second kappa shape index (κ2) is 8.60. The quantitative estimate of drug-likeness (QED) is 0.729. The molecule has 0 radical (unpaired) electrons. The lowest BCUT2D eigenvalue weighted by Gasteiger charge is -2.28. The van der Waals surface area contributed by atoms with Crippen molar-refractivity contribution in [1.82, 2.24) is 0 Å². The van der Waals surface area contributed by atoms with E-state index in [9.17, 15) is 13.2 Å². The minimum Gasteiger partial charge on any atom is -0.324 e. The van der Waals surface area contributed by atoms with Crippen LogP contribution in [-0.4, -0.2) is 32.9 Å². The van der Waals surface area contributed by atoms with Crippen LogP contribution in [0.25, 0.3) is 0 Å². The van der Waals surface area contributed by atoms with Gasteiger partial charge in [0.1, 0.15) is 6.04 Å². The summed E-state index contributed by atoms with van der Waals surface area (Å²) in [6.07, 6.45) is 3.93. The van der Waals surface area contributed by atoms with Crippen molar-refractivity contribution in [2.75, 3.05) is 22.1 Å². The second-order valence-electron chi connectivity index (χ2n) is 5.98. The van der Waals surface area contributed by atoms with E-state index in [2.05, 4.69) is 5.32 Å². The van der Waals surface area contributed by atoms with Gasteiger partial charge in [0.2, 0.25) is 15.9 Å². The highest BCUT2D eigenvalue weighted by atomic mass is 32.2. The SMILES string of the molecule is CCc1ccc(N([C@H](C)C(=O)Nc2cccc(SC)c2)S(C)(=O)=O)cc1. The molecule has 0 saturated heterocycles. The molecule has 0 heterocycles. The zero-order valence-electron chi connectivity index (χ0n) is 15.4. The van der Waals surface area contributed by atoms with Crippen LogP contribution in [0.1, 0.15) is 19.4 Å². The number of nitrogens with zero attached hydrogens (tertiary/aromatic N) is 1. The van der Waals surface area contributed by atoms with Crippen molar-refractivity contribution in [1.29, 1.82) is 0 Å². The molecule has 0 bridgehead atoms. The molecule has 0 unspecified atom stereocenters. The number of hydrogen-bond acceptors (Lipinski definition) is 4. The summed E-state index contributed by atoms with van der Waals surface area (Å²) in [5.41, 5.74) is 2.22. The molecule has 0 saturated carbocycles. The Bertz CT molecular complexity index is 865. The van der Waals surface area contributed by atoms with Gasteiger partial charge in [-0.1, -0.05) is 25.1 Å². The monoisotopic (exact) mass is 392 g/mol. The van der Waals surface area contributed by atoms with E-state index in [1.54, 1.807) is 36.9 Å². The van der Waals surface area contributed by atoms with Crippen LogP contribution in [0.5, 0.6) is 0 Å². The van der Waals surface area contributed by atoms with Crippen molar-refractivity contribution in [2.24, 2.45) is 0 Å². The average molecular weight is 393 g/mol. The largest absolute Gasteiger partial charge is 0.324 e. The lowest BCUT2D eigenvalue weighted by molar-refractivity contribution is -0.116. The third-order valence-electron chi connectivity index (χ3n) is 4.02. The summed E-state index contributed by atoms with van der Waals surface area (Å²) in [7, 11) is -3.62. The van der Waals surface area contributed by atoms with E-state index in [1.807, 2.05) is 43.5 Å². The Morgan fingerprint density at radius 3 is 2.38 bits per heavy atom. The molecule has 0 aromatic heterocycles. The Morgan fingerprint density at radius 2 is 1.85 bits per heavy atom. The van der Waals surface area contributed by atoms with Gasteiger partial charge in [-0.2, -0.15) is 0 Å². The first-order chi connectivity index (χ1) is 12.3. The van der Waals surface area contributed by atoms with Crippen LogP contribution in [0.15, 0.2) is 53.4 Å². The van der Waals surface area contributed by atoms with E-state index in [0.717, 1.165) is 27.4 Å². The van der Waals surface area contributed by atoms with Crippen LogP contribution < -0.4 is 9.62 Å². The van der Waals surface area contributed by atoms with Crippen molar-refractivity contribution < 1.29 is 13.2 Å². The maximum Gasteiger partial charge on any atom is 0.247 e. The Hall–Kier alpha value is -1.99. The van der Waals surface area contributed by atoms with Crippen LogP contribution >= 0.6 is 11.8 Å². The molecule has 5 nitrogen and oxygen atoms in total. The van der Waals surface area contributed by atoms with E-state index in [4.69, 9.17) is 0 Å². The van der Waals surface area contributed by atoms with Crippen molar-refractivity contribution in [3.8, 4) is 0 Å². The number of nitrogens with one attached hydrogen (secondary N) is 1. The van der Waals surface area contributed by atoms with Gasteiger partial charge in [-0.15, -0.1) is 11.8 Å². The molecular weight excluding hydrogens is 368 g/mol. The maximum atomic E-state index is 12.7. The van der Waals surface area contributed by atoms with Gasteiger partial charge >= 0.3 is 0 Å². The summed E-state index contributed by atoms with van der Waals surface area (Å²) in [6, 6.07) is 13.8. The number of thioether (sulfide) groups is 1. The minimum absolute atomic E-state index is 0.381. The molecule has 7 heteroatoms. The van der Waals surface area contributed by atoms with Gasteiger partial charge in [-0.25, -0.2) is 8.42 Å². The summed E-state index contributed by atoms with van der Waals surface area (Å²) in [6.45, 7) is 3.62. The Balaban J connectivity index is 2.27. The summed E-state index contributed by atoms with van der Waals surface area (Å²) in [5.74, 6) is -0.381. The van der Waals surface area contributed by atoms with Crippen molar-refractivity contribution >= 4 is 39.1 Å². The summed E-state index contributed by atoms with van der Waals surface area (Å²) < 4.78 is 25.8. The summed E-state index contributed by atoms with van der Waals surface area (Å²) in [4.78, 5) is 13.7. The summed E-state index contributed by atoms with van der Waals surface area (Å²) in [5, 5.41) is 2.80. The fourth-order valence-corrected chi connectivity index (χ4v) is 4.27. The van der Waals surface area contributed by atoms with E-state index >= 15 is 0 Å². The number of rotatable bonds is 7. The predicted molar refractivity (Wildman–Crippen MR) is 109 cm³/mol. The van der Waals surface area contributed by atoms with Gasteiger partial charge < -0.3 is 5.32 Å². The van der Waals surface area contributed by atoms with Crippen LogP contribution in [0.2, 0.25) is 0 Å². The first kappa shape index (κ1) is 20.3. The molecule has 26 heavy (non-hydrogen) atoms. The highest BCUT2D eigenvalue weighted by molar-refractivity contribution is 7.98. The predicted octanol–water partition coefficient (Wildman–Crippen LogP) is 3.76. The number of aryl methyl sites for hydroxylation is 1. The molecule has 2 aromatic carbocycles. The van der Waals surface area contributed by atoms with Crippen molar-refractivity contribution in [2.45, 2.75) is 31.2 Å². The molecule has 2 rings (SSSR count). The molecular formula is C19H24N2O3S2. The lowest BCUT2D eigenvalue weighted by atomic mass is 10.1. The van der Waals surface area contributed by atoms with Gasteiger partial charge in [0.15, 0.2) is 0 Å². The Labute approximate surface area is 159 Å². The number of anilines is 2. The third-order valence-corrected chi connectivity index (χ3v) is 5.99. The fraction of sp³-hybridized carbons (Fsp3) is 0.316. The van der Waals surface area contributed by atoms with Gasteiger partial charge in [0.05, 0.1) is 11.9 Å². The number of carbonyl (C=O) groups excluding carboxylic acids is 1. The van der Waals surface area contributed by atoms with Crippen LogP contribution in [0, 0.1) is 0 Å². The topological polar surface area (TPSA) is 66.5 Å². The summed E-state index contributed by atoms with van der Waals surface area (Å²) >= 11 is 1.57.